The van der Waals surface area contributed by atoms with Crippen LogP contribution >= 0.6 is 0 Å². The van der Waals surface area contributed by atoms with E-state index in [2.05, 4.69) is 30.2 Å². The van der Waals surface area contributed by atoms with Gasteiger partial charge in [0.2, 0.25) is 5.82 Å². The van der Waals surface area contributed by atoms with Crippen LogP contribution in [0.25, 0.3) is 28.2 Å². The van der Waals surface area contributed by atoms with Crippen molar-refractivity contribution in [2.24, 2.45) is 0 Å². The number of H-pyrrole nitrogens is 1. The van der Waals surface area contributed by atoms with E-state index in [-0.39, 0.29) is 41.3 Å². The molecule has 40 heavy (non-hydrogen) atoms. The smallest absolute Gasteiger partial charge is 0.291 e. The van der Waals surface area contributed by atoms with E-state index < -0.39 is 0 Å². The minimum Gasteiger partial charge on any atom is -0.383 e. The lowest BCUT2D eigenvalue weighted by Crippen LogP contribution is -2.46. The SMILES string of the molecule is CC(=O)c1c(C2C[C@H]3CC[C@@H](C2)N3C(=O)c2ncn[nH]2)nc2c(-c3ccc(-c4ncccn4)cc3)cnn2c1N. The standard InChI is InChI=1S/C28H26N10O2/c1-15(39)22-23(18-11-19-7-8-20(12-18)37(19)28(40)26-32-14-33-36-26)35-27-21(13-34-38(27)24(22)29)16-3-5-17(6-4-16)25-30-9-2-10-31-25/h2-6,9-10,13-14,18-20H,7-8,11-12,29H2,1H3,(H,32,33,36)/t18?,19-,20+. The summed E-state index contributed by atoms with van der Waals surface area (Å²) in [6, 6.07) is 9.71. The number of fused-ring (bicyclic) bond motifs is 3. The molecule has 1 amide bonds. The molecule has 0 aliphatic carbocycles. The fourth-order valence-electron chi connectivity index (χ4n) is 6.30. The number of ketones is 1. The first-order valence-electron chi connectivity index (χ1n) is 13.2. The van der Waals surface area contributed by atoms with Gasteiger partial charge in [-0.15, -0.1) is 0 Å². The molecule has 4 aromatic heterocycles. The number of benzene rings is 1. The van der Waals surface area contributed by atoms with Crippen molar-refractivity contribution in [3.8, 4) is 22.5 Å². The quantitative estimate of drug-likeness (QED) is 0.322. The van der Waals surface area contributed by atoms with Gasteiger partial charge in [-0.2, -0.15) is 14.7 Å². The molecule has 3 atom stereocenters. The molecule has 1 aromatic carbocycles. The molecule has 0 spiro atoms. The van der Waals surface area contributed by atoms with Crippen molar-refractivity contribution in [1.29, 1.82) is 0 Å². The number of piperidine rings is 1. The number of carbonyl (C=O) groups excluding carboxylic acids is 2. The number of aromatic nitrogens is 8. The van der Waals surface area contributed by atoms with Gasteiger partial charge in [-0.25, -0.2) is 19.9 Å². The summed E-state index contributed by atoms with van der Waals surface area (Å²) >= 11 is 0. The van der Waals surface area contributed by atoms with Crippen LogP contribution in [0.1, 0.15) is 65.2 Å². The van der Waals surface area contributed by atoms with E-state index in [0.717, 1.165) is 29.5 Å². The molecule has 6 heterocycles. The van der Waals surface area contributed by atoms with Crippen LogP contribution in [0, 0.1) is 0 Å². The summed E-state index contributed by atoms with van der Waals surface area (Å²) in [5.74, 6) is 0.854. The van der Waals surface area contributed by atoms with E-state index >= 15 is 0 Å². The Morgan fingerprint density at radius 3 is 2.35 bits per heavy atom. The number of amides is 1. The van der Waals surface area contributed by atoms with Gasteiger partial charge in [-0.3, -0.25) is 14.7 Å². The second-order valence-electron chi connectivity index (χ2n) is 10.4. The first-order chi connectivity index (χ1) is 19.5. The molecule has 5 aromatic rings. The van der Waals surface area contributed by atoms with Crippen LogP contribution in [0.2, 0.25) is 0 Å². The molecule has 200 valence electrons. The van der Waals surface area contributed by atoms with Crippen molar-refractivity contribution >= 4 is 23.2 Å². The maximum Gasteiger partial charge on any atom is 0.291 e. The van der Waals surface area contributed by atoms with Crippen LogP contribution in [0.3, 0.4) is 0 Å². The van der Waals surface area contributed by atoms with Gasteiger partial charge in [-0.05, 0) is 44.2 Å². The number of anilines is 1. The van der Waals surface area contributed by atoms with E-state index in [1.807, 2.05) is 29.2 Å². The number of hydrogen-bond donors (Lipinski definition) is 2. The Morgan fingerprint density at radius 1 is 1.00 bits per heavy atom. The Morgan fingerprint density at radius 2 is 1.70 bits per heavy atom. The van der Waals surface area contributed by atoms with Gasteiger partial charge in [0.1, 0.15) is 12.1 Å². The lowest BCUT2D eigenvalue weighted by Gasteiger charge is -2.38. The number of nitrogens with one attached hydrogen (secondary N) is 1. The molecular weight excluding hydrogens is 508 g/mol. The van der Waals surface area contributed by atoms with Crippen molar-refractivity contribution < 1.29 is 9.59 Å². The van der Waals surface area contributed by atoms with Crippen LogP contribution in [0.15, 0.2) is 55.2 Å². The minimum absolute atomic E-state index is 0.0252. The Labute approximate surface area is 228 Å². The highest BCUT2D eigenvalue weighted by Gasteiger charge is 2.45. The molecule has 7 rings (SSSR count). The average Bonchev–Trinajstić information content (AvgIpc) is 3.71. The number of carbonyl (C=O) groups is 2. The lowest BCUT2D eigenvalue weighted by atomic mass is 9.85. The highest BCUT2D eigenvalue weighted by Crippen LogP contribution is 2.45. The largest absolute Gasteiger partial charge is 0.383 e. The molecule has 2 aliphatic rings. The molecule has 12 nitrogen and oxygen atoms in total. The van der Waals surface area contributed by atoms with Gasteiger partial charge in [0.15, 0.2) is 17.3 Å². The maximum atomic E-state index is 13.1. The fourth-order valence-corrected chi connectivity index (χ4v) is 6.30. The molecule has 0 radical (unpaired) electrons. The zero-order valence-electron chi connectivity index (χ0n) is 21.7. The molecular formula is C28H26N10O2. The Kier molecular flexibility index (Phi) is 5.61. The third kappa shape index (κ3) is 3.82. The first kappa shape index (κ1) is 24.1. The maximum absolute atomic E-state index is 13.1. The van der Waals surface area contributed by atoms with Crippen molar-refractivity contribution in [1.82, 2.24) is 44.6 Å². The second kappa shape index (κ2) is 9.33. The number of hydrogen-bond acceptors (Lipinski definition) is 9. The van der Waals surface area contributed by atoms with Crippen molar-refractivity contribution in [3.05, 3.63) is 72.3 Å². The molecule has 12 heteroatoms. The van der Waals surface area contributed by atoms with E-state index in [0.29, 0.717) is 35.6 Å². The number of Topliss-reactive ketones (excluding diaryl/α,β-unsaturated/α-hetero) is 1. The zero-order chi connectivity index (χ0) is 27.4. The summed E-state index contributed by atoms with van der Waals surface area (Å²) in [6.45, 7) is 1.51. The van der Waals surface area contributed by atoms with Crippen molar-refractivity contribution in [3.63, 3.8) is 0 Å². The average molecular weight is 535 g/mol. The van der Waals surface area contributed by atoms with Gasteiger partial charge >= 0.3 is 0 Å². The van der Waals surface area contributed by atoms with E-state index in [1.54, 1.807) is 29.2 Å². The molecule has 1 unspecified atom stereocenters. The number of nitrogens with zero attached hydrogens (tertiary/aromatic N) is 8. The van der Waals surface area contributed by atoms with E-state index in [1.165, 1.54) is 13.3 Å². The Hall–Kier alpha value is -5.00. The number of nitrogen functional groups attached to an aromatic ring is 1. The van der Waals surface area contributed by atoms with Gasteiger partial charge in [0, 0.05) is 41.5 Å². The Bertz CT molecular complexity index is 1720. The Balaban J connectivity index is 1.26. The van der Waals surface area contributed by atoms with Crippen molar-refractivity contribution in [2.75, 3.05) is 5.73 Å². The molecule has 2 fully saturated rings. The third-order valence-electron chi connectivity index (χ3n) is 8.05. The molecule has 2 bridgehead atoms. The normalized spacial score (nSPS) is 20.2. The van der Waals surface area contributed by atoms with Crippen molar-refractivity contribution in [2.45, 2.75) is 50.6 Å². The molecule has 2 aliphatic heterocycles. The number of rotatable bonds is 5. The first-order valence-corrected chi connectivity index (χ1v) is 13.2. The van der Waals surface area contributed by atoms with Gasteiger partial charge < -0.3 is 10.6 Å². The second-order valence-corrected chi connectivity index (χ2v) is 10.4. The van der Waals surface area contributed by atoms with E-state index in [4.69, 9.17) is 10.7 Å². The molecule has 3 N–H and O–H groups in total. The molecule has 0 saturated carbocycles. The fraction of sp³-hybridized carbons (Fsp3) is 0.286. The predicted molar refractivity (Wildman–Crippen MR) is 145 cm³/mol. The summed E-state index contributed by atoms with van der Waals surface area (Å²) < 4.78 is 1.54. The zero-order valence-corrected chi connectivity index (χ0v) is 21.7. The van der Waals surface area contributed by atoms with Gasteiger partial charge in [0.05, 0.1) is 17.5 Å². The minimum atomic E-state index is -0.154. The summed E-state index contributed by atoms with van der Waals surface area (Å²) in [5.41, 5.74) is 10.9. The summed E-state index contributed by atoms with van der Waals surface area (Å²) in [7, 11) is 0. The highest BCUT2D eigenvalue weighted by molar-refractivity contribution is 6.00. The highest BCUT2D eigenvalue weighted by atomic mass is 16.2. The predicted octanol–water partition coefficient (Wildman–Crippen LogP) is 3.31. The summed E-state index contributed by atoms with van der Waals surface area (Å²) in [5, 5.41) is 11.0. The third-order valence-corrected chi connectivity index (χ3v) is 8.05. The summed E-state index contributed by atoms with van der Waals surface area (Å²) in [6.07, 6.45) is 9.65. The number of nitrogens with two attached hydrogens (primary N) is 1. The topological polar surface area (TPSA) is 161 Å². The number of aromatic amines is 1. The summed E-state index contributed by atoms with van der Waals surface area (Å²) in [4.78, 5) is 45.7. The van der Waals surface area contributed by atoms with Gasteiger partial charge in [-0.1, -0.05) is 24.3 Å². The van der Waals surface area contributed by atoms with Gasteiger partial charge in [0.25, 0.3) is 5.91 Å². The van der Waals surface area contributed by atoms with Crippen LogP contribution < -0.4 is 5.73 Å². The van der Waals surface area contributed by atoms with Crippen LogP contribution in [-0.2, 0) is 0 Å². The monoisotopic (exact) mass is 534 g/mol. The lowest BCUT2D eigenvalue weighted by molar-refractivity contribution is 0.0556. The van der Waals surface area contributed by atoms with Crippen LogP contribution in [0.4, 0.5) is 5.82 Å². The molecule has 2 saturated heterocycles. The van der Waals surface area contributed by atoms with Crippen LogP contribution in [-0.4, -0.2) is 68.4 Å². The van der Waals surface area contributed by atoms with Crippen LogP contribution in [0.5, 0.6) is 0 Å². The van der Waals surface area contributed by atoms with E-state index in [9.17, 15) is 9.59 Å².